The number of hydrogen-bond donors (Lipinski definition) is 1. The second kappa shape index (κ2) is 4.89. The minimum absolute atomic E-state index is 0.621. The molecule has 102 valence electrons. The van der Waals surface area contributed by atoms with E-state index in [0.29, 0.717) is 5.92 Å². The van der Waals surface area contributed by atoms with Crippen LogP contribution in [0.2, 0.25) is 0 Å². The fourth-order valence-corrected chi connectivity index (χ4v) is 3.28. The molecule has 3 rings (SSSR count). The number of fused-ring (bicyclic) bond motifs is 1. The molecule has 1 aromatic carbocycles. The Bertz CT molecular complexity index is 594. The number of methoxy groups -OCH3 is 1. The van der Waals surface area contributed by atoms with Crippen molar-refractivity contribution in [1.82, 2.24) is 9.88 Å². The summed E-state index contributed by atoms with van der Waals surface area (Å²) in [6.45, 7) is 4.37. The van der Waals surface area contributed by atoms with Crippen molar-refractivity contribution in [1.29, 1.82) is 0 Å². The molecule has 1 saturated heterocycles. The predicted molar refractivity (Wildman–Crippen MR) is 79.1 cm³/mol. The molecule has 0 amide bonds. The van der Waals surface area contributed by atoms with Crippen LogP contribution in [-0.2, 0) is 7.05 Å². The van der Waals surface area contributed by atoms with Crippen LogP contribution in [0.3, 0.4) is 0 Å². The van der Waals surface area contributed by atoms with E-state index in [4.69, 9.17) is 4.74 Å². The van der Waals surface area contributed by atoms with Gasteiger partial charge in [0.15, 0.2) is 0 Å². The summed E-state index contributed by atoms with van der Waals surface area (Å²) < 4.78 is 7.86. The number of piperidine rings is 1. The van der Waals surface area contributed by atoms with E-state index < -0.39 is 0 Å². The summed E-state index contributed by atoms with van der Waals surface area (Å²) in [7, 11) is 3.91. The zero-order valence-corrected chi connectivity index (χ0v) is 12.0. The van der Waals surface area contributed by atoms with Gasteiger partial charge >= 0.3 is 0 Å². The van der Waals surface area contributed by atoms with Crippen molar-refractivity contribution in [2.24, 2.45) is 7.05 Å². The third kappa shape index (κ3) is 2.12. The lowest BCUT2D eigenvalue weighted by Gasteiger charge is -2.23. The molecular weight excluding hydrogens is 236 g/mol. The molecule has 1 aliphatic heterocycles. The monoisotopic (exact) mass is 258 g/mol. The van der Waals surface area contributed by atoms with E-state index in [-0.39, 0.29) is 0 Å². The lowest BCUT2D eigenvalue weighted by Crippen LogP contribution is -2.29. The summed E-state index contributed by atoms with van der Waals surface area (Å²) in [6, 6.07) is 6.70. The van der Waals surface area contributed by atoms with Crippen molar-refractivity contribution < 1.29 is 4.74 Å². The molecule has 1 unspecified atom stereocenters. The van der Waals surface area contributed by atoms with Crippen molar-refractivity contribution in [2.45, 2.75) is 25.7 Å². The molecule has 0 radical (unpaired) electrons. The maximum absolute atomic E-state index is 5.55. The molecule has 3 heteroatoms. The smallest absolute Gasteiger partial charge is 0.143 e. The van der Waals surface area contributed by atoms with Crippen LogP contribution >= 0.6 is 0 Å². The summed E-state index contributed by atoms with van der Waals surface area (Å²) in [4.78, 5) is 0. The van der Waals surface area contributed by atoms with Crippen LogP contribution in [0.1, 0.15) is 30.0 Å². The average molecular weight is 258 g/mol. The van der Waals surface area contributed by atoms with Crippen LogP contribution in [0.5, 0.6) is 5.75 Å². The van der Waals surface area contributed by atoms with Crippen LogP contribution in [-0.4, -0.2) is 24.8 Å². The Balaban J connectivity index is 2.13. The van der Waals surface area contributed by atoms with E-state index in [1.54, 1.807) is 7.11 Å². The Morgan fingerprint density at radius 3 is 2.84 bits per heavy atom. The average Bonchev–Trinajstić information content (AvgIpc) is 2.76. The van der Waals surface area contributed by atoms with Crippen molar-refractivity contribution in [3.8, 4) is 5.75 Å². The zero-order valence-electron chi connectivity index (χ0n) is 12.0. The second-order valence-electron chi connectivity index (χ2n) is 5.58. The Hall–Kier alpha value is -1.48. The van der Waals surface area contributed by atoms with E-state index in [2.05, 4.69) is 42.1 Å². The number of rotatable bonds is 2. The third-order valence-electron chi connectivity index (χ3n) is 4.21. The number of nitrogens with zero attached hydrogens (tertiary/aromatic N) is 1. The van der Waals surface area contributed by atoms with E-state index >= 15 is 0 Å². The molecule has 2 heterocycles. The lowest BCUT2D eigenvalue weighted by molar-refractivity contribution is 0.416. The lowest BCUT2D eigenvalue weighted by atomic mass is 9.96. The van der Waals surface area contributed by atoms with Crippen LogP contribution in [0.15, 0.2) is 18.2 Å². The molecule has 2 aromatic rings. The zero-order chi connectivity index (χ0) is 13.4. The Kier molecular flexibility index (Phi) is 3.23. The van der Waals surface area contributed by atoms with Crippen molar-refractivity contribution in [2.75, 3.05) is 20.2 Å². The highest BCUT2D eigenvalue weighted by Crippen LogP contribution is 2.34. The van der Waals surface area contributed by atoms with Gasteiger partial charge in [-0.2, -0.15) is 0 Å². The fourth-order valence-electron chi connectivity index (χ4n) is 3.28. The van der Waals surface area contributed by atoms with Crippen LogP contribution in [0.4, 0.5) is 0 Å². The molecule has 0 bridgehead atoms. The standard InChI is InChI=1S/C16H22N2O/c1-11-7-13-9-14(12-5-4-6-17-10-12)18(2)16(13)15(8-11)19-3/h7-9,12,17H,4-6,10H2,1-3H3. The normalized spacial score (nSPS) is 19.8. The summed E-state index contributed by atoms with van der Waals surface area (Å²) in [5, 5.41) is 4.79. The fraction of sp³-hybridized carbons (Fsp3) is 0.500. The van der Waals surface area contributed by atoms with Gasteiger partial charge < -0.3 is 14.6 Å². The summed E-state index contributed by atoms with van der Waals surface area (Å²) >= 11 is 0. The SMILES string of the molecule is COc1cc(C)cc2cc(C3CCCNC3)n(C)c12. The van der Waals surface area contributed by atoms with E-state index in [1.807, 2.05) is 0 Å². The van der Waals surface area contributed by atoms with Gasteiger partial charge in [0.25, 0.3) is 0 Å². The van der Waals surface area contributed by atoms with Gasteiger partial charge in [-0.05, 0) is 50.1 Å². The maximum Gasteiger partial charge on any atom is 0.143 e. The van der Waals surface area contributed by atoms with E-state index in [9.17, 15) is 0 Å². The molecule has 0 saturated carbocycles. The van der Waals surface area contributed by atoms with Crippen molar-refractivity contribution in [3.63, 3.8) is 0 Å². The second-order valence-corrected chi connectivity index (χ2v) is 5.58. The largest absolute Gasteiger partial charge is 0.495 e. The summed E-state index contributed by atoms with van der Waals surface area (Å²) in [5.74, 6) is 1.60. The van der Waals surface area contributed by atoms with Gasteiger partial charge in [-0.1, -0.05) is 0 Å². The minimum atomic E-state index is 0.621. The topological polar surface area (TPSA) is 26.2 Å². The van der Waals surface area contributed by atoms with Gasteiger partial charge in [0.1, 0.15) is 5.75 Å². The van der Waals surface area contributed by atoms with Gasteiger partial charge in [-0.15, -0.1) is 0 Å². The molecule has 1 fully saturated rings. The first-order valence-corrected chi connectivity index (χ1v) is 7.05. The molecule has 1 N–H and O–H groups in total. The van der Waals surface area contributed by atoms with E-state index in [0.717, 1.165) is 18.8 Å². The van der Waals surface area contributed by atoms with Crippen LogP contribution < -0.4 is 10.1 Å². The first kappa shape index (κ1) is 12.5. The van der Waals surface area contributed by atoms with E-state index in [1.165, 1.54) is 35.0 Å². The molecule has 1 aliphatic rings. The first-order valence-electron chi connectivity index (χ1n) is 7.05. The third-order valence-corrected chi connectivity index (χ3v) is 4.21. The van der Waals surface area contributed by atoms with Gasteiger partial charge in [0.05, 0.1) is 12.6 Å². The predicted octanol–water partition coefficient (Wildman–Crippen LogP) is 2.96. The number of ether oxygens (including phenoxy) is 1. The number of hydrogen-bond acceptors (Lipinski definition) is 2. The van der Waals surface area contributed by atoms with Gasteiger partial charge in [-0.3, -0.25) is 0 Å². The molecular formula is C16H22N2O. The number of aryl methyl sites for hydroxylation is 2. The van der Waals surface area contributed by atoms with Gasteiger partial charge in [0.2, 0.25) is 0 Å². The Labute approximate surface area is 114 Å². The molecule has 1 atom stereocenters. The minimum Gasteiger partial charge on any atom is -0.495 e. The Morgan fingerprint density at radius 2 is 2.16 bits per heavy atom. The number of aromatic nitrogens is 1. The Morgan fingerprint density at radius 1 is 1.32 bits per heavy atom. The molecule has 19 heavy (non-hydrogen) atoms. The summed E-state index contributed by atoms with van der Waals surface area (Å²) in [5.41, 5.74) is 3.89. The maximum atomic E-state index is 5.55. The summed E-state index contributed by atoms with van der Waals surface area (Å²) in [6.07, 6.45) is 2.54. The molecule has 0 spiro atoms. The van der Waals surface area contributed by atoms with Crippen molar-refractivity contribution >= 4 is 10.9 Å². The molecule has 0 aliphatic carbocycles. The highest BCUT2D eigenvalue weighted by atomic mass is 16.5. The van der Waals surface area contributed by atoms with Crippen LogP contribution in [0, 0.1) is 6.92 Å². The highest BCUT2D eigenvalue weighted by molar-refractivity contribution is 5.88. The molecule has 3 nitrogen and oxygen atoms in total. The molecule has 1 aromatic heterocycles. The van der Waals surface area contributed by atoms with Gasteiger partial charge in [0, 0.05) is 30.6 Å². The van der Waals surface area contributed by atoms with Gasteiger partial charge in [-0.25, -0.2) is 0 Å². The first-order chi connectivity index (χ1) is 9.20. The quantitative estimate of drug-likeness (QED) is 0.896. The van der Waals surface area contributed by atoms with Crippen molar-refractivity contribution in [3.05, 3.63) is 29.5 Å². The highest BCUT2D eigenvalue weighted by Gasteiger charge is 2.20. The number of benzene rings is 1. The van der Waals surface area contributed by atoms with Crippen LogP contribution in [0.25, 0.3) is 10.9 Å². The number of nitrogens with one attached hydrogen (secondary N) is 1.